The predicted octanol–water partition coefficient (Wildman–Crippen LogP) is 5.17. The first-order valence-electron chi connectivity index (χ1n) is 13.5. The first kappa shape index (κ1) is 24.3. The number of piperidine rings is 1. The maximum Gasteiger partial charge on any atom is 0.264 e. The number of aromatic nitrogens is 2. The average molecular weight is 478 g/mol. The Balaban J connectivity index is 1.27. The zero-order chi connectivity index (χ0) is 24.3. The number of aliphatic hydroxyl groups is 1. The summed E-state index contributed by atoms with van der Waals surface area (Å²) < 4.78 is 11.5. The number of hydrogen-bond acceptors (Lipinski definition) is 6. The van der Waals surface area contributed by atoms with Gasteiger partial charge in [-0.1, -0.05) is 36.9 Å². The van der Waals surface area contributed by atoms with E-state index < -0.39 is 5.60 Å². The van der Waals surface area contributed by atoms with Crippen molar-refractivity contribution in [2.45, 2.75) is 102 Å². The number of hydrogen-bond donors (Lipinski definition) is 1. The molecule has 0 bridgehead atoms. The number of ether oxygens (including phenoxy) is 1. The molecule has 6 nitrogen and oxygen atoms in total. The molecule has 188 valence electrons. The molecule has 1 aromatic heterocycles. The van der Waals surface area contributed by atoms with Gasteiger partial charge in [0, 0.05) is 0 Å². The molecule has 1 N–H and O–H groups in total. The van der Waals surface area contributed by atoms with E-state index in [0.717, 1.165) is 76.2 Å². The van der Waals surface area contributed by atoms with Crippen LogP contribution in [0.15, 0.2) is 22.7 Å². The van der Waals surface area contributed by atoms with Crippen molar-refractivity contribution in [3.8, 4) is 17.6 Å². The van der Waals surface area contributed by atoms with Crippen molar-refractivity contribution in [1.29, 1.82) is 0 Å². The largest absolute Gasteiger partial charge is 0.484 e. The zero-order valence-corrected chi connectivity index (χ0v) is 21.3. The molecule has 2 fully saturated rings. The van der Waals surface area contributed by atoms with Crippen LogP contribution in [0, 0.1) is 17.8 Å². The molecular weight excluding hydrogens is 438 g/mol. The van der Waals surface area contributed by atoms with E-state index in [1.54, 1.807) is 0 Å². The molecule has 2 heterocycles. The van der Waals surface area contributed by atoms with Gasteiger partial charge in [-0.05, 0) is 106 Å². The normalized spacial score (nSPS) is 28.5. The topological polar surface area (TPSA) is 71.6 Å². The molecule has 3 atom stereocenters. The van der Waals surface area contributed by atoms with Crippen LogP contribution in [0.1, 0.15) is 94.5 Å². The number of nitrogens with zero attached hydrogens (tertiary/aromatic N) is 3. The van der Waals surface area contributed by atoms with Crippen LogP contribution in [0.3, 0.4) is 0 Å². The molecule has 0 radical (unpaired) electrons. The molecule has 35 heavy (non-hydrogen) atoms. The fraction of sp³-hybridized carbons (Fsp3) is 0.655. The van der Waals surface area contributed by atoms with E-state index in [4.69, 9.17) is 9.26 Å². The van der Waals surface area contributed by atoms with Gasteiger partial charge in [-0.25, -0.2) is 0 Å². The van der Waals surface area contributed by atoms with Crippen molar-refractivity contribution >= 4 is 0 Å². The first-order chi connectivity index (χ1) is 17.0. The summed E-state index contributed by atoms with van der Waals surface area (Å²) in [6.07, 6.45) is 10.7. The Hall–Kier alpha value is -2.36. The minimum Gasteiger partial charge on any atom is -0.484 e. The highest BCUT2D eigenvalue weighted by Crippen LogP contribution is 2.55. The molecule has 5 rings (SSSR count). The SMILES string of the molecule is CC#C[C@@]1(O)CC[C@@]2(CCC)c3ccc(OCc4nc(CN5CCCCC5)no4)cc3CC[C@@H]2C1. The fourth-order valence-electron chi connectivity index (χ4n) is 6.89. The van der Waals surface area contributed by atoms with Crippen LogP contribution < -0.4 is 4.74 Å². The molecule has 1 aliphatic heterocycles. The Bertz CT molecular complexity index is 1080. The summed E-state index contributed by atoms with van der Waals surface area (Å²) in [5, 5.41) is 15.2. The lowest BCUT2D eigenvalue weighted by molar-refractivity contribution is -0.0110. The van der Waals surface area contributed by atoms with Gasteiger partial charge in [0.2, 0.25) is 0 Å². The molecule has 1 aromatic carbocycles. The molecule has 6 heteroatoms. The highest BCUT2D eigenvalue weighted by Gasteiger charge is 2.50. The number of rotatable bonds is 7. The third-order valence-electron chi connectivity index (χ3n) is 8.47. The summed E-state index contributed by atoms with van der Waals surface area (Å²) in [6, 6.07) is 6.58. The number of fused-ring (bicyclic) bond motifs is 3. The van der Waals surface area contributed by atoms with Gasteiger partial charge in [0.1, 0.15) is 11.4 Å². The lowest BCUT2D eigenvalue weighted by atomic mass is 9.53. The maximum atomic E-state index is 11.0. The van der Waals surface area contributed by atoms with Crippen LogP contribution in [0.4, 0.5) is 0 Å². The second-order valence-electron chi connectivity index (χ2n) is 10.8. The summed E-state index contributed by atoms with van der Waals surface area (Å²) >= 11 is 0. The second kappa shape index (κ2) is 10.3. The molecule has 1 saturated carbocycles. The van der Waals surface area contributed by atoms with Gasteiger partial charge in [-0.3, -0.25) is 4.90 Å². The van der Waals surface area contributed by atoms with Gasteiger partial charge in [0.05, 0.1) is 6.54 Å². The zero-order valence-electron chi connectivity index (χ0n) is 21.3. The van der Waals surface area contributed by atoms with Crippen LogP contribution in [0.25, 0.3) is 0 Å². The van der Waals surface area contributed by atoms with Crippen LogP contribution in [-0.2, 0) is 25.0 Å². The van der Waals surface area contributed by atoms with Gasteiger partial charge in [0.25, 0.3) is 5.89 Å². The molecule has 0 spiro atoms. The van der Waals surface area contributed by atoms with Crippen LogP contribution in [-0.4, -0.2) is 38.8 Å². The summed E-state index contributed by atoms with van der Waals surface area (Å²) in [5.74, 6) is 8.66. The molecule has 0 amide bonds. The van der Waals surface area contributed by atoms with Crippen molar-refractivity contribution in [2.75, 3.05) is 13.1 Å². The molecule has 2 aromatic rings. The van der Waals surface area contributed by atoms with Crippen molar-refractivity contribution in [1.82, 2.24) is 15.0 Å². The highest BCUT2D eigenvalue weighted by molar-refractivity contribution is 5.44. The van der Waals surface area contributed by atoms with Crippen molar-refractivity contribution in [3.63, 3.8) is 0 Å². The molecular formula is C29H39N3O3. The summed E-state index contributed by atoms with van der Waals surface area (Å²) in [5.41, 5.74) is 2.15. The first-order valence-corrected chi connectivity index (χ1v) is 13.5. The predicted molar refractivity (Wildman–Crippen MR) is 135 cm³/mol. The summed E-state index contributed by atoms with van der Waals surface area (Å²) in [4.78, 5) is 6.94. The van der Waals surface area contributed by atoms with E-state index in [-0.39, 0.29) is 12.0 Å². The second-order valence-corrected chi connectivity index (χ2v) is 10.8. The van der Waals surface area contributed by atoms with Gasteiger partial charge < -0.3 is 14.4 Å². The Morgan fingerprint density at radius 3 is 2.89 bits per heavy atom. The third-order valence-corrected chi connectivity index (χ3v) is 8.47. The fourth-order valence-corrected chi connectivity index (χ4v) is 6.89. The van der Waals surface area contributed by atoms with Gasteiger partial charge in [0.15, 0.2) is 12.4 Å². The highest BCUT2D eigenvalue weighted by atomic mass is 16.5. The van der Waals surface area contributed by atoms with E-state index in [2.05, 4.69) is 52.0 Å². The van der Waals surface area contributed by atoms with Crippen LogP contribution in [0.5, 0.6) is 5.75 Å². The minimum atomic E-state index is -0.825. The monoisotopic (exact) mass is 477 g/mol. The Kier molecular flexibility index (Phi) is 7.18. The van der Waals surface area contributed by atoms with E-state index >= 15 is 0 Å². The summed E-state index contributed by atoms with van der Waals surface area (Å²) in [7, 11) is 0. The van der Waals surface area contributed by atoms with Gasteiger partial charge in [-0.2, -0.15) is 4.98 Å². The van der Waals surface area contributed by atoms with Crippen molar-refractivity contribution in [2.24, 2.45) is 5.92 Å². The standard InChI is InChI=1S/C29H39N3O3/c1-3-12-28(33)14-15-29(13-4-2)23(19-28)9-8-22-18-24(10-11-25(22)29)34-21-27-30-26(31-35-27)20-32-16-6-5-7-17-32/h10-11,18,23,33H,4-9,13-17,19-21H2,1-2H3/t23-,28-,29-/m1/s1. The van der Waals surface area contributed by atoms with Crippen molar-refractivity contribution in [3.05, 3.63) is 41.0 Å². The van der Waals surface area contributed by atoms with E-state index in [1.165, 1.54) is 30.4 Å². The quantitative estimate of drug-likeness (QED) is 0.555. The Morgan fingerprint density at radius 1 is 1.23 bits per heavy atom. The summed E-state index contributed by atoms with van der Waals surface area (Å²) in [6.45, 7) is 7.36. The number of benzene rings is 1. The maximum absolute atomic E-state index is 11.0. The Labute approximate surface area is 209 Å². The minimum absolute atomic E-state index is 0.137. The lowest BCUT2D eigenvalue weighted by Gasteiger charge is -2.52. The van der Waals surface area contributed by atoms with Crippen LogP contribution >= 0.6 is 0 Å². The molecule has 0 unspecified atom stereocenters. The smallest absolute Gasteiger partial charge is 0.264 e. The molecule has 3 aliphatic rings. The lowest BCUT2D eigenvalue weighted by Crippen LogP contribution is -2.49. The van der Waals surface area contributed by atoms with E-state index in [9.17, 15) is 5.11 Å². The van der Waals surface area contributed by atoms with Crippen LogP contribution in [0.2, 0.25) is 0 Å². The van der Waals surface area contributed by atoms with Crippen molar-refractivity contribution < 1.29 is 14.4 Å². The van der Waals surface area contributed by atoms with Gasteiger partial charge in [-0.15, -0.1) is 5.92 Å². The van der Waals surface area contributed by atoms with E-state index in [1.807, 2.05) is 6.92 Å². The average Bonchev–Trinajstić information content (AvgIpc) is 3.31. The Morgan fingerprint density at radius 2 is 2.09 bits per heavy atom. The van der Waals surface area contributed by atoms with Gasteiger partial charge >= 0.3 is 0 Å². The molecule has 1 saturated heterocycles. The number of aryl methyl sites for hydroxylation is 1. The molecule has 2 aliphatic carbocycles. The number of likely N-dealkylation sites (tertiary alicyclic amines) is 1. The van der Waals surface area contributed by atoms with E-state index in [0.29, 0.717) is 11.8 Å². The third kappa shape index (κ3) is 5.13.